The van der Waals surface area contributed by atoms with Crippen LogP contribution in [0.5, 0.6) is 5.75 Å². The zero-order chi connectivity index (χ0) is 27.1. The SMILES string of the molecule is CCOC(=O)C1=C(C)N=c2s/c(=C3\C(=O)N(CC(=O)O)c4ccccc43)c(=O)n2C1c1ccc(OC)cc1. The molecule has 3 aromatic rings. The lowest BCUT2D eigenvalue weighted by atomic mass is 9.96. The van der Waals surface area contributed by atoms with E-state index in [0.717, 1.165) is 16.2 Å². The molecule has 0 fully saturated rings. The summed E-state index contributed by atoms with van der Waals surface area (Å²) in [5.41, 5.74) is 1.71. The summed E-state index contributed by atoms with van der Waals surface area (Å²) >= 11 is 1.03. The van der Waals surface area contributed by atoms with E-state index in [1.165, 1.54) is 11.7 Å². The minimum atomic E-state index is -1.18. The van der Waals surface area contributed by atoms with Gasteiger partial charge in [0.05, 0.1) is 42.3 Å². The molecule has 0 saturated carbocycles. The maximum absolute atomic E-state index is 14.0. The number of carboxylic acid groups (broad SMARTS) is 1. The largest absolute Gasteiger partial charge is 0.497 e. The number of methoxy groups -OCH3 is 1. The third kappa shape index (κ3) is 4.01. The number of esters is 1. The number of carboxylic acids is 1. The summed E-state index contributed by atoms with van der Waals surface area (Å²) in [7, 11) is 1.54. The highest BCUT2D eigenvalue weighted by atomic mass is 32.1. The van der Waals surface area contributed by atoms with Gasteiger partial charge in [-0.15, -0.1) is 0 Å². The number of aliphatic carboxylic acids is 1. The summed E-state index contributed by atoms with van der Waals surface area (Å²) in [5, 5.41) is 9.37. The first kappa shape index (κ1) is 25.2. The molecule has 1 N–H and O–H groups in total. The van der Waals surface area contributed by atoms with E-state index in [1.54, 1.807) is 62.4 Å². The Balaban J connectivity index is 1.79. The van der Waals surface area contributed by atoms with Gasteiger partial charge >= 0.3 is 11.9 Å². The van der Waals surface area contributed by atoms with Gasteiger partial charge in [-0.3, -0.25) is 23.9 Å². The fourth-order valence-corrected chi connectivity index (χ4v) is 5.87. The van der Waals surface area contributed by atoms with Crippen LogP contribution in [0.1, 0.15) is 31.0 Å². The summed E-state index contributed by atoms with van der Waals surface area (Å²) in [6.07, 6.45) is 0. The second-order valence-electron chi connectivity index (χ2n) is 8.57. The summed E-state index contributed by atoms with van der Waals surface area (Å²) < 4.78 is 12.1. The van der Waals surface area contributed by atoms with Gasteiger partial charge in [0.25, 0.3) is 11.5 Å². The Hall–Kier alpha value is -4.51. The van der Waals surface area contributed by atoms with Crippen LogP contribution in [-0.4, -0.2) is 47.8 Å². The summed E-state index contributed by atoms with van der Waals surface area (Å²) in [6, 6.07) is 12.9. The molecule has 0 saturated heterocycles. The molecular weight excluding hydrogens is 510 g/mol. The normalized spacial score (nSPS) is 17.6. The molecule has 194 valence electrons. The fraction of sp³-hybridized carbons (Fsp3) is 0.222. The van der Waals surface area contributed by atoms with E-state index in [2.05, 4.69) is 4.99 Å². The molecule has 2 aliphatic heterocycles. The lowest BCUT2D eigenvalue weighted by molar-refractivity contribution is -0.139. The molecule has 0 bridgehead atoms. The first-order valence-electron chi connectivity index (χ1n) is 11.8. The van der Waals surface area contributed by atoms with Crippen molar-refractivity contribution in [3.63, 3.8) is 0 Å². The number of rotatable bonds is 6. The molecule has 1 atom stereocenters. The van der Waals surface area contributed by atoms with Crippen LogP contribution in [0.2, 0.25) is 0 Å². The third-order valence-electron chi connectivity index (χ3n) is 6.37. The Labute approximate surface area is 220 Å². The number of hydrogen-bond acceptors (Lipinski definition) is 8. The second kappa shape index (κ2) is 9.75. The van der Waals surface area contributed by atoms with Crippen molar-refractivity contribution in [2.45, 2.75) is 19.9 Å². The number of nitrogens with zero attached hydrogens (tertiary/aromatic N) is 3. The average molecular weight is 534 g/mol. The molecule has 2 aromatic carbocycles. The molecule has 3 heterocycles. The number of para-hydroxylation sites is 1. The van der Waals surface area contributed by atoms with Crippen molar-refractivity contribution in [3.8, 4) is 5.75 Å². The number of benzene rings is 2. The van der Waals surface area contributed by atoms with Crippen LogP contribution in [0, 0.1) is 0 Å². The van der Waals surface area contributed by atoms with E-state index in [1.807, 2.05) is 0 Å². The number of hydrogen-bond donors (Lipinski definition) is 1. The Morgan fingerprint density at radius 1 is 1.11 bits per heavy atom. The second-order valence-corrected chi connectivity index (χ2v) is 9.55. The van der Waals surface area contributed by atoms with E-state index < -0.39 is 36.0 Å². The molecule has 0 aliphatic carbocycles. The summed E-state index contributed by atoms with van der Waals surface area (Å²) in [6.45, 7) is 2.97. The molecule has 11 heteroatoms. The van der Waals surface area contributed by atoms with E-state index in [4.69, 9.17) is 9.47 Å². The van der Waals surface area contributed by atoms with Crippen LogP contribution in [0.25, 0.3) is 5.57 Å². The predicted octanol–water partition coefficient (Wildman–Crippen LogP) is 1.61. The van der Waals surface area contributed by atoms with Crippen LogP contribution >= 0.6 is 11.3 Å². The highest BCUT2D eigenvalue weighted by Crippen LogP contribution is 2.35. The number of aromatic nitrogens is 1. The van der Waals surface area contributed by atoms with Crippen molar-refractivity contribution < 1.29 is 29.0 Å². The molecule has 38 heavy (non-hydrogen) atoms. The van der Waals surface area contributed by atoms with Gasteiger partial charge in [0.1, 0.15) is 16.8 Å². The van der Waals surface area contributed by atoms with E-state index >= 15 is 0 Å². The first-order valence-corrected chi connectivity index (χ1v) is 12.6. The number of carbonyl (C=O) groups excluding carboxylic acids is 2. The minimum Gasteiger partial charge on any atom is -0.497 e. The average Bonchev–Trinajstić information content (AvgIpc) is 3.35. The van der Waals surface area contributed by atoms with Crippen molar-refractivity contribution in [2.24, 2.45) is 4.99 Å². The van der Waals surface area contributed by atoms with Gasteiger partial charge in [-0.1, -0.05) is 41.7 Å². The lowest BCUT2D eigenvalue weighted by Crippen LogP contribution is -2.41. The van der Waals surface area contributed by atoms with Crippen LogP contribution < -0.4 is 24.5 Å². The fourth-order valence-electron chi connectivity index (χ4n) is 4.74. The first-order chi connectivity index (χ1) is 18.3. The summed E-state index contributed by atoms with van der Waals surface area (Å²) in [4.78, 5) is 58.0. The number of allylic oxidation sites excluding steroid dienone is 1. The van der Waals surface area contributed by atoms with Gasteiger partial charge in [-0.2, -0.15) is 0 Å². The van der Waals surface area contributed by atoms with Crippen molar-refractivity contribution in [3.05, 3.63) is 90.6 Å². The number of amides is 1. The zero-order valence-corrected chi connectivity index (χ0v) is 21.6. The monoisotopic (exact) mass is 533 g/mol. The molecule has 1 amide bonds. The van der Waals surface area contributed by atoms with Crippen molar-refractivity contribution in [2.75, 3.05) is 25.2 Å². The van der Waals surface area contributed by atoms with Gasteiger partial charge in [0.2, 0.25) is 0 Å². The minimum absolute atomic E-state index is 0.109. The molecule has 10 nitrogen and oxygen atoms in total. The maximum Gasteiger partial charge on any atom is 0.338 e. The lowest BCUT2D eigenvalue weighted by Gasteiger charge is -2.24. The van der Waals surface area contributed by atoms with Gasteiger partial charge in [0.15, 0.2) is 4.80 Å². The van der Waals surface area contributed by atoms with E-state index in [0.29, 0.717) is 33.1 Å². The Kier molecular flexibility index (Phi) is 6.45. The van der Waals surface area contributed by atoms with Crippen LogP contribution in [0.3, 0.4) is 0 Å². The van der Waals surface area contributed by atoms with Gasteiger partial charge in [-0.25, -0.2) is 9.79 Å². The molecule has 0 spiro atoms. The van der Waals surface area contributed by atoms with Crippen molar-refractivity contribution >= 4 is 40.4 Å². The van der Waals surface area contributed by atoms with Gasteiger partial charge in [-0.05, 0) is 37.6 Å². The molecule has 1 aromatic heterocycles. The van der Waals surface area contributed by atoms with Gasteiger partial charge in [0, 0.05) is 5.56 Å². The smallest absolute Gasteiger partial charge is 0.338 e. The molecule has 0 radical (unpaired) electrons. The number of ether oxygens (including phenoxy) is 2. The highest BCUT2D eigenvalue weighted by Gasteiger charge is 2.37. The number of anilines is 1. The summed E-state index contributed by atoms with van der Waals surface area (Å²) in [5.74, 6) is -1.75. The molecular formula is C27H23N3O7S. The van der Waals surface area contributed by atoms with Gasteiger partial charge < -0.3 is 14.6 Å². The Bertz CT molecular complexity index is 1700. The van der Waals surface area contributed by atoms with Crippen LogP contribution in [-0.2, 0) is 19.1 Å². The highest BCUT2D eigenvalue weighted by molar-refractivity contribution is 7.07. The topological polar surface area (TPSA) is 128 Å². The quantitative estimate of drug-likeness (QED) is 0.477. The number of carbonyl (C=O) groups is 3. The standard InChI is InChI=1S/C27H23N3O7S/c1-4-37-26(35)20-14(2)28-27-30(22(20)15-9-11-16(36-3)12-10-15)25(34)23(38-27)21-17-7-5-6-8-18(17)29(24(21)33)13-19(31)32/h5-12,22H,4,13H2,1-3H3,(H,31,32)/b23-21-. The van der Waals surface area contributed by atoms with Crippen LogP contribution in [0.15, 0.2) is 69.6 Å². The Morgan fingerprint density at radius 3 is 2.47 bits per heavy atom. The Morgan fingerprint density at radius 2 is 1.82 bits per heavy atom. The van der Waals surface area contributed by atoms with E-state index in [-0.39, 0.29) is 22.3 Å². The molecule has 2 aliphatic rings. The molecule has 5 rings (SSSR count). The van der Waals surface area contributed by atoms with Crippen LogP contribution in [0.4, 0.5) is 5.69 Å². The molecule has 1 unspecified atom stereocenters. The predicted molar refractivity (Wildman–Crippen MR) is 139 cm³/mol. The number of thiazole rings is 1. The third-order valence-corrected chi connectivity index (χ3v) is 7.42. The zero-order valence-electron chi connectivity index (χ0n) is 20.8. The van der Waals surface area contributed by atoms with Crippen molar-refractivity contribution in [1.82, 2.24) is 4.57 Å². The van der Waals surface area contributed by atoms with Crippen molar-refractivity contribution in [1.29, 1.82) is 0 Å². The number of fused-ring (bicyclic) bond motifs is 2. The van der Waals surface area contributed by atoms with E-state index in [9.17, 15) is 24.3 Å². The maximum atomic E-state index is 14.0.